The van der Waals surface area contributed by atoms with Gasteiger partial charge in [-0.15, -0.1) is 17.2 Å². The lowest BCUT2D eigenvalue weighted by molar-refractivity contribution is -0.00426. The van der Waals surface area contributed by atoms with E-state index in [0.29, 0.717) is 37.5 Å². The van der Waals surface area contributed by atoms with Crippen molar-refractivity contribution >= 4 is 37.4 Å². The summed E-state index contributed by atoms with van der Waals surface area (Å²) in [6.45, 7) is 0. The maximum atomic E-state index is 11.6. The van der Waals surface area contributed by atoms with E-state index in [1.807, 2.05) is 0 Å². The molecule has 0 spiro atoms. The van der Waals surface area contributed by atoms with Gasteiger partial charge in [-0.05, 0) is 223 Å². The van der Waals surface area contributed by atoms with Gasteiger partial charge in [-0.1, -0.05) is 77.0 Å². The van der Waals surface area contributed by atoms with Crippen LogP contribution in [-0.2, 0) is 20.2 Å². The van der Waals surface area contributed by atoms with Crippen LogP contribution in [0.1, 0.15) is 218 Å². The van der Waals surface area contributed by atoms with Crippen molar-refractivity contribution in [1.82, 2.24) is 0 Å². The second-order valence-corrected chi connectivity index (χ2v) is 30.2. The van der Waals surface area contributed by atoms with Gasteiger partial charge in [-0.25, -0.2) is 0 Å². The van der Waals surface area contributed by atoms with E-state index in [0.717, 1.165) is 95.7 Å². The van der Waals surface area contributed by atoms with Crippen LogP contribution in [-0.4, -0.2) is 59.1 Å². The van der Waals surface area contributed by atoms with Gasteiger partial charge in [0.05, 0.1) is 10.5 Å². The molecule has 0 amide bonds. The van der Waals surface area contributed by atoms with Crippen LogP contribution < -0.4 is 0 Å². The zero-order chi connectivity index (χ0) is 41.7. The van der Waals surface area contributed by atoms with E-state index in [1.54, 1.807) is 38.5 Å². The predicted octanol–water partition coefficient (Wildman–Crippen LogP) is 13.9. The number of hydrogen-bond donors (Lipinski definition) is 2. The highest BCUT2D eigenvalue weighted by atomic mass is 32.2. The Bertz CT molecular complexity index is 1530. The summed E-state index contributed by atoms with van der Waals surface area (Å²) in [6, 6.07) is 0. The monoisotopic (exact) mass is 911 g/mol. The molecule has 0 aromatic rings. The summed E-state index contributed by atoms with van der Waals surface area (Å²) in [4.78, 5) is 0. The zero-order valence-corrected chi connectivity index (χ0v) is 41.3. The Morgan fingerprint density at radius 1 is 0.383 bits per heavy atom. The lowest BCUT2D eigenvalue weighted by Gasteiger charge is -2.56. The molecule has 6 nitrogen and oxygen atoms in total. The summed E-state index contributed by atoms with van der Waals surface area (Å²) >= 11 is 0. The van der Waals surface area contributed by atoms with Crippen LogP contribution in [0, 0.1) is 59.2 Å². The first-order valence-electron chi connectivity index (χ1n) is 26.4. The maximum Gasteiger partial charge on any atom is 0.267 e. The molecule has 10 heteroatoms. The molecule has 0 heterocycles. The summed E-state index contributed by atoms with van der Waals surface area (Å²) in [7, 11) is -5.28. The molecule has 8 aliphatic carbocycles. The van der Waals surface area contributed by atoms with Gasteiger partial charge in [-0.3, -0.25) is 9.11 Å². The van der Waals surface area contributed by atoms with E-state index in [-0.39, 0.29) is 0 Å². The van der Waals surface area contributed by atoms with Crippen LogP contribution in [0.15, 0.2) is 0 Å². The smallest absolute Gasteiger partial charge is 0.267 e. The highest BCUT2D eigenvalue weighted by molar-refractivity contribution is 7.86. The molecular weight excluding hydrogens is 823 g/mol. The highest BCUT2D eigenvalue weighted by Crippen LogP contribution is 2.61. The fraction of sp³-hybridized carbons (Fsp3) is 1.00. The van der Waals surface area contributed by atoms with Crippen LogP contribution in [0.4, 0.5) is 0 Å². The Morgan fingerprint density at radius 3 is 1.32 bits per heavy atom. The normalized spacial score (nSPS) is 43.8. The molecule has 8 rings (SSSR count). The molecule has 10 atom stereocenters. The summed E-state index contributed by atoms with van der Waals surface area (Å²) in [5.74, 6) is 9.36. The zero-order valence-electron chi connectivity index (χ0n) is 37.6. The van der Waals surface area contributed by atoms with E-state index in [4.69, 9.17) is 0 Å². The molecule has 346 valence electrons. The van der Waals surface area contributed by atoms with Crippen molar-refractivity contribution in [3.8, 4) is 0 Å². The van der Waals surface area contributed by atoms with Gasteiger partial charge in [0.25, 0.3) is 20.2 Å². The van der Waals surface area contributed by atoms with Crippen LogP contribution in [0.5, 0.6) is 0 Å². The largest absolute Gasteiger partial charge is 0.285 e. The summed E-state index contributed by atoms with van der Waals surface area (Å²) in [5.41, 5.74) is 4.01. The fourth-order valence-corrected chi connectivity index (χ4v) is 22.4. The van der Waals surface area contributed by atoms with Gasteiger partial charge < -0.3 is 0 Å². The molecule has 0 saturated heterocycles. The average molecular weight is 911 g/mol. The topological polar surface area (TPSA) is 109 Å². The van der Waals surface area contributed by atoms with Crippen LogP contribution in [0.3, 0.4) is 0 Å². The fourth-order valence-electron chi connectivity index (χ4n) is 16.1. The summed E-state index contributed by atoms with van der Waals surface area (Å²) in [5, 5.41) is -1.02. The van der Waals surface area contributed by atoms with E-state index < -0.39 is 30.7 Å². The quantitative estimate of drug-likeness (QED) is 0.125. The molecule has 0 bridgehead atoms. The summed E-state index contributed by atoms with van der Waals surface area (Å²) < 4.78 is 65.3. The van der Waals surface area contributed by atoms with E-state index in [1.165, 1.54) is 146 Å². The molecule has 2 N–H and O–H groups in total. The van der Waals surface area contributed by atoms with Crippen molar-refractivity contribution in [2.75, 3.05) is 0 Å². The Labute approximate surface area is 372 Å². The number of rotatable bonds is 15. The Hall–Kier alpha value is 0.680. The van der Waals surface area contributed by atoms with Crippen molar-refractivity contribution in [2.45, 2.75) is 251 Å². The van der Waals surface area contributed by atoms with Crippen molar-refractivity contribution in [2.24, 2.45) is 59.2 Å². The van der Waals surface area contributed by atoms with Crippen molar-refractivity contribution in [3.05, 3.63) is 0 Å². The first-order chi connectivity index (χ1) is 29.0. The third kappa shape index (κ3) is 12.8. The van der Waals surface area contributed by atoms with E-state index >= 15 is 0 Å². The molecule has 0 aromatic carbocycles. The maximum absolute atomic E-state index is 11.6. The van der Waals surface area contributed by atoms with Gasteiger partial charge >= 0.3 is 0 Å². The molecular formula is C50H88O6P2S2. The van der Waals surface area contributed by atoms with Crippen molar-refractivity contribution < 1.29 is 25.9 Å². The lowest BCUT2D eigenvalue weighted by atomic mass is 9.54. The molecule has 0 aromatic heterocycles. The van der Waals surface area contributed by atoms with Crippen LogP contribution in [0.25, 0.3) is 0 Å². The van der Waals surface area contributed by atoms with Gasteiger partial charge in [0.1, 0.15) is 0 Å². The second kappa shape index (κ2) is 22.0. The SMILES string of the molecule is O=S(=O)(O)C1CCC(CCCC2CCC(PC3CC4CCCCC4C(C4C(PC5CCC(CCCC6CCC(S(=O)(=O)O)CC6)CC5)CCC5CCCCC54)C3)CC2)CC1. The average Bonchev–Trinajstić information content (AvgIpc) is 3.24. The Morgan fingerprint density at radius 2 is 0.817 bits per heavy atom. The minimum absolute atomic E-state index is 0.510. The second-order valence-electron chi connectivity index (χ2n) is 23.0. The van der Waals surface area contributed by atoms with Crippen LogP contribution >= 0.6 is 17.2 Å². The third-order valence-corrected chi connectivity index (χ3v) is 26.2. The molecule has 8 saturated carbocycles. The Kier molecular flexibility index (Phi) is 17.3. The molecule has 8 aliphatic rings. The van der Waals surface area contributed by atoms with E-state index in [2.05, 4.69) is 0 Å². The summed E-state index contributed by atoms with van der Waals surface area (Å²) in [6.07, 6.45) is 44.6. The molecule has 0 aliphatic heterocycles. The van der Waals surface area contributed by atoms with Gasteiger partial charge in [0.2, 0.25) is 0 Å². The number of hydrogen-bond acceptors (Lipinski definition) is 4. The van der Waals surface area contributed by atoms with Gasteiger partial charge in [0.15, 0.2) is 0 Å². The standard InChI is InChI=1S/C50H88O6P2S2/c51-59(52,53)44-28-19-37(20-29-44)9-5-7-35-15-24-41(25-16-35)57-43-33-40-12-2-3-13-46(40)48(34-43)50-47-14-4-1-11-39(47)23-32-49(50)58-42-26-17-36(18-27-42)8-6-10-38-21-30-45(31-22-38)60(54,55)56/h35-50,57-58H,1-34H2,(H,51,52,53)(H,54,55,56). The molecule has 60 heavy (non-hydrogen) atoms. The minimum atomic E-state index is -3.86. The first-order valence-corrected chi connectivity index (χ1v) is 31.7. The Balaban J connectivity index is 0.811. The molecule has 8 fully saturated rings. The highest BCUT2D eigenvalue weighted by Gasteiger charge is 2.50. The van der Waals surface area contributed by atoms with E-state index in [9.17, 15) is 25.9 Å². The van der Waals surface area contributed by atoms with Crippen LogP contribution in [0.2, 0.25) is 0 Å². The van der Waals surface area contributed by atoms with Crippen molar-refractivity contribution in [1.29, 1.82) is 0 Å². The predicted molar refractivity (Wildman–Crippen MR) is 254 cm³/mol. The minimum Gasteiger partial charge on any atom is -0.285 e. The third-order valence-electron chi connectivity index (χ3n) is 19.4. The number of fused-ring (bicyclic) bond motifs is 2. The molecule has 10 unspecified atom stereocenters. The van der Waals surface area contributed by atoms with Gasteiger partial charge in [-0.2, -0.15) is 16.8 Å². The lowest BCUT2D eigenvalue weighted by Crippen LogP contribution is -2.49. The molecule has 0 radical (unpaired) electrons. The van der Waals surface area contributed by atoms with Crippen molar-refractivity contribution in [3.63, 3.8) is 0 Å². The first kappa shape index (κ1) is 47.2. The van der Waals surface area contributed by atoms with Gasteiger partial charge in [0, 0.05) is 0 Å².